The van der Waals surface area contributed by atoms with Crippen LogP contribution in [-0.2, 0) is 22.4 Å². The van der Waals surface area contributed by atoms with Gasteiger partial charge in [0, 0.05) is 24.9 Å². The van der Waals surface area contributed by atoms with Crippen LogP contribution in [0.15, 0.2) is 29.6 Å². The number of carbonyl (C=O) groups excluding carboxylic acids is 1. The number of aromatic nitrogens is 1. The molecule has 1 aliphatic heterocycles. The van der Waals surface area contributed by atoms with E-state index in [0.717, 1.165) is 22.8 Å². The lowest BCUT2D eigenvalue weighted by Gasteiger charge is -2.33. The van der Waals surface area contributed by atoms with Crippen molar-refractivity contribution in [2.45, 2.75) is 31.8 Å². The Hall–Kier alpha value is -1.79. The molecule has 0 radical (unpaired) electrons. The van der Waals surface area contributed by atoms with Crippen LogP contribution in [0.5, 0.6) is 0 Å². The molecule has 2 fully saturated rings. The average molecular weight is 360 g/mol. The van der Waals surface area contributed by atoms with Crippen molar-refractivity contribution >= 4 is 17.2 Å². The number of morpholine rings is 1. The molecule has 4 rings (SSSR count). The van der Waals surface area contributed by atoms with Gasteiger partial charge in [0.2, 0.25) is 5.91 Å². The smallest absolute Gasteiger partial charge is 0.228 e. The zero-order chi connectivity index (χ0) is 17.2. The van der Waals surface area contributed by atoms with Gasteiger partial charge in [-0.1, -0.05) is 12.1 Å². The van der Waals surface area contributed by atoms with Gasteiger partial charge < -0.3 is 9.64 Å². The summed E-state index contributed by atoms with van der Waals surface area (Å²) in [5.41, 5.74) is 1.84. The second-order valence-electron chi connectivity index (χ2n) is 6.80. The maximum atomic E-state index is 13.0. The Morgan fingerprint density at radius 3 is 2.88 bits per heavy atom. The van der Waals surface area contributed by atoms with Crippen LogP contribution >= 0.6 is 11.3 Å². The van der Waals surface area contributed by atoms with Crippen molar-refractivity contribution in [1.29, 1.82) is 0 Å². The van der Waals surface area contributed by atoms with Crippen molar-refractivity contribution in [1.82, 2.24) is 9.88 Å². The fourth-order valence-corrected chi connectivity index (χ4v) is 4.04. The van der Waals surface area contributed by atoms with Crippen LogP contribution < -0.4 is 0 Å². The monoisotopic (exact) mass is 360 g/mol. The molecule has 0 N–H and O–H groups in total. The molecule has 25 heavy (non-hydrogen) atoms. The van der Waals surface area contributed by atoms with Crippen molar-refractivity contribution < 1.29 is 13.9 Å². The topological polar surface area (TPSA) is 42.4 Å². The van der Waals surface area contributed by atoms with E-state index < -0.39 is 0 Å². The molecule has 6 heteroatoms. The Balaban J connectivity index is 1.34. The number of ether oxygens (including phenoxy) is 1. The van der Waals surface area contributed by atoms with Crippen molar-refractivity contribution in [3.05, 3.63) is 51.7 Å². The molecule has 132 valence electrons. The maximum Gasteiger partial charge on any atom is 0.228 e. The number of nitrogens with zero attached hydrogens (tertiary/aromatic N) is 2. The largest absolute Gasteiger partial charge is 0.374 e. The molecule has 1 aromatic heterocycles. The molecule has 1 atom stereocenters. The first-order valence-corrected chi connectivity index (χ1v) is 9.62. The predicted octanol–water partition coefficient (Wildman–Crippen LogP) is 3.05. The molecule has 4 nitrogen and oxygen atoms in total. The van der Waals surface area contributed by atoms with Gasteiger partial charge in [0.15, 0.2) is 0 Å². The van der Waals surface area contributed by atoms with Crippen LogP contribution in [0.25, 0.3) is 0 Å². The van der Waals surface area contributed by atoms with Crippen LogP contribution in [0.4, 0.5) is 4.39 Å². The fraction of sp³-hybridized carbons (Fsp3) is 0.474. The zero-order valence-electron chi connectivity index (χ0n) is 14.0. The lowest BCUT2D eigenvalue weighted by molar-refractivity contribution is -0.138. The molecular formula is C19H21FN2O2S. The molecular weight excluding hydrogens is 339 g/mol. The number of thiazole rings is 1. The SMILES string of the molecule is O=C(Cc1csc(Cc2ccc(F)cc2)n1)N1CCO[C@@H](C2CC2)C1. The standard InChI is InChI=1S/C19H21FN2O2S/c20-15-5-1-13(2-6-15)9-18-21-16(12-25-18)10-19(23)22-7-8-24-17(11-22)14-3-4-14/h1-2,5-6,12,14,17H,3-4,7-11H2/t17-/m1/s1. The molecule has 1 amide bonds. The van der Waals surface area contributed by atoms with Crippen molar-refractivity contribution in [3.63, 3.8) is 0 Å². The van der Waals surface area contributed by atoms with Gasteiger partial charge in [0.05, 0.1) is 29.8 Å². The molecule has 1 aliphatic carbocycles. The summed E-state index contributed by atoms with van der Waals surface area (Å²) in [6, 6.07) is 6.46. The van der Waals surface area contributed by atoms with E-state index in [0.29, 0.717) is 31.9 Å². The Morgan fingerprint density at radius 2 is 2.12 bits per heavy atom. The summed E-state index contributed by atoms with van der Waals surface area (Å²) in [6.45, 7) is 2.03. The quantitative estimate of drug-likeness (QED) is 0.823. The minimum absolute atomic E-state index is 0.132. The highest BCUT2D eigenvalue weighted by molar-refractivity contribution is 7.09. The lowest BCUT2D eigenvalue weighted by atomic mass is 10.1. The number of amides is 1. The summed E-state index contributed by atoms with van der Waals surface area (Å²) < 4.78 is 18.7. The summed E-state index contributed by atoms with van der Waals surface area (Å²) in [7, 11) is 0. The zero-order valence-corrected chi connectivity index (χ0v) is 14.8. The highest BCUT2D eigenvalue weighted by Gasteiger charge is 2.36. The molecule has 2 aromatic rings. The number of benzene rings is 1. The Bertz CT molecular complexity index is 742. The predicted molar refractivity (Wildman–Crippen MR) is 94.1 cm³/mol. The summed E-state index contributed by atoms with van der Waals surface area (Å²) in [5.74, 6) is 0.550. The van der Waals surface area contributed by atoms with Gasteiger partial charge in [-0.15, -0.1) is 11.3 Å². The van der Waals surface area contributed by atoms with Gasteiger partial charge in [-0.2, -0.15) is 0 Å². The Morgan fingerprint density at radius 1 is 1.32 bits per heavy atom. The van der Waals surface area contributed by atoms with E-state index in [1.54, 1.807) is 23.5 Å². The molecule has 0 spiro atoms. The first kappa shape index (κ1) is 16.7. The highest BCUT2D eigenvalue weighted by atomic mass is 32.1. The third kappa shape index (κ3) is 4.25. The Kier molecular flexibility index (Phi) is 4.81. The lowest BCUT2D eigenvalue weighted by Crippen LogP contribution is -2.47. The molecule has 1 saturated carbocycles. The van der Waals surface area contributed by atoms with E-state index in [2.05, 4.69) is 4.98 Å². The molecule has 1 saturated heterocycles. The van der Waals surface area contributed by atoms with E-state index in [9.17, 15) is 9.18 Å². The summed E-state index contributed by atoms with van der Waals surface area (Å²) >= 11 is 1.55. The van der Waals surface area contributed by atoms with Crippen LogP contribution in [0.1, 0.15) is 29.1 Å². The van der Waals surface area contributed by atoms with Crippen LogP contribution in [0.3, 0.4) is 0 Å². The van der Waals surface area contributed by atoms with E-state index in [1.807, 2.05) is 10.3 Å². The molecule has 0 unspecified atom stereocenters. The van der Waals surface area contributed by atoms with E-state index in [-0.39, 0.29) is 17.8 Å². The van der Waals surface area contributed by atoms with E-state index >= 15 is 0 Å². The summed E-state index contributed by atoms with van der Waals surface area (Å²) in [4.78, 5) is 19.1. The molecule has 0 bridgehead atoms. The highest BCUT2D eigenvalue weighted by Crippen LogP contribution is 2.35. The number of hydrogen-bond donors (Lipinski definition) is 0. The number of halogens is 1. The van der Waals surface area contributed by atoms with Gasteiger partial charge in [-0.05, 0) is 36.5 Å². The first-order valence-electron chi connectivity index (χ1n) is 8.74. The van der Waals surface area contributed by atoms with Gasteiger partial charge in [0.1, 0.15) is 5.82 Å². The second kappa shape index (κ2) is 7.22. The van der Waals surface area contributed by atoms with E-state index in [4.69, 9.17) is 4.74 Å². The number of hydrogen-bond acceptors (Lipinski definition) is 4. The minimum atomic E-state index is -0.232. The minimum Gasteiger partial charge on any atom is -0.374 e. The maximum absolute atomic E-state index is 13.0. The molecule has 1 aromatic carbocycles. The number of carbonyl (C=O) groups is 1. The second-order valence-corrected chi connectivity index (χ2v) is 7.74. The van der Waals surface area contributed by atoms with Gasteiger partial charge >= 0.3 is 0 Å². The normalized spacial score (nSPS) is 20.7. The van der Waals surface area contributed by atoms with Crippen LogP contribution in [0.2, 0.25) is 0 Å². The summed E-state index contributed by atoms with van der Waals surface area (Å²) in [6.07, 6.45) is 3.69. The first-order chi connectivity index (χ1) is 12.2. The molecule has 2 heterocycles. The van der Waals surface area contributed by atoms with Gasteiger partial charge in [-0.25, -0.2) is 9.37 Å². The average Bonchev–Trinajstić information content (AvgIpc) is 3.39. The van der Waals surface area contributed by atoms with Crippen LogP contribution in [0, 0.1) is 11.7 Å². The van der Waals surface area contributed by atoms with Crippen molar-refractivity contribution in [2.24, 2.45) is 5.92 Å². The summed E-state index contributed by atoms with van der Waals surface area (Å²) in [5, 5.41) is 2.91. The fourth-order valence-electron chi connectivity index (χ4n) is 3.21. The van der Waals surface area contributed by atoms with Gasteiger partial charge in [0.25, 0.3) is 0 Å². The number of rotatable bonds is 5. The van der Waals surface area contributed by atoms with E-state index in [1.165, 1.54) is 25.0 Å². The van der Waals surface area contributed by atoms with Crippen molar-refractivity contribution in [3.8, 4) is 0 Å². The third-order valence-electron chi connectivity index (χ3n) is 4.79. The van der Waals surface area contributed by atoms with Crippen LogP contribution in [-0.4, -0.2) is 41.6 Å². The van der Waals surface area contributed by atoms with Gasteiger partial charge in [-0.3, -0.25) is 4.79 Å². The Labute approximate surface area is 150 Å². The van der Waals surface area contributed by atoms with Crippen molar-refractivity contribution in [2.75, 3.05) is 19.7 Å². The third-order valence-corrected chi connectivity index (χ3v) is 5.69. The molecule has 2 aliphatic rings.